The van der Waals surface area contributed by atoms with Gasteiger partial charge in [0.1, 0.15) is 8.07 Å². The predicted octanol–water partition coefficient (Wildman–Crippen LogP) is 6.00. The summed E-state index contributed by atoms with van der Waals surface area (Å²) in [5.74, 6) is 0. The molecule has 0 aromatic carbocycles. The van der Waals surface area contributed by atoms with Gasteiger partial charge in [-0.1, -0.05) is 38.3 Å². The second-order valence-electron chi connectivity index (χ2n) is 8.62. The van der Waals surface area contributed by atoms with E-state index in [-0.39, 0.29) is 10.4 Å². The van der Waals surface area contributed by atoms with Gasteiger partial charge in [0.25, 0.3) is 0 Å². The molecule has 0 aromatic rings. The normalized spacial score (nSPS) is 18.9. The first-order valence-corrected chi connectivity index (χ1v) is 17.8. The molecule has 2 atom stereocenters. The molecule has 0 rings (SSSR count). The maximum Gasteiger partial charge on any atom is 0.216 e. The highest BCUT2D eigenvalue weighted by Crippen LogP contribution is 2.39. The van der Waals surface area contributed by atoms with Gasteiger partial charge in [-0.05, 0) is 52.9 Å². The van der Waals surface area contributed by atoms with Crippen molar-refractivity contribution in [1.82, 2.24) is 0 Å². The average Bonchev–Trinajstić information content (AvgIpc) is 2.45. The van der Waals surface area contributed by atoms with Crippen molar-refractivity contribution in [3.05, 3.63) is 24.6 Å². The minimum atomic E-state index is -2.11. The zero-order valence-corrected chi connectivity index (χ0v) is 20.3. The summed E-state index contributed by atoms with van der Waals surface area (Å²) >= 11 is 0. The Hall–Kier alpha value is 0.0506. The van der Waals surface area contributed by atoms with E-state index in [9.17, 15) is 0 Å². The Balaban J connectivity index is 5.74. The minimum Gasteiger partial charge on any atom is -0.412 e. The molecular formula is C18H40O2Si3. The van der Waals surface area contributed by atoms with Crippen LogP contribution in [-0.4, -0.2) is 35.2 Å². The van der Waals surface area contributed by atoms with Crippen LogP contribution in [0.25, 0.3) is 0 Å². The van der Waals surface area contributed by atoms with E-state index in [0.717, 1.165) is 12.8 Å². The fourth-order valence-corrected chi connectivity index (χ4v) is 11.4. The van der Waals surface area contributed by atoms with Gasteiger partial charge in [-0.25, -0.2) is 0 Å². The van der Waals surface area contributed by atoms with Gasteiger partial charge in [-0.15, -0.1) is 13.2 Å². The Bertz CT molecular complexity index is 432. The second kappa shape index (κ2) is 7.52. The molecule has 0 aromatic heterocycles. The van der Waals surface area contributed by atoms with E-state index in [0.29, 0.717) is 0 Å². The van der Waals surface area contributed by atoms with Crippen LogP contribution in [-0.2, 0) is 8.85 Å². The van der Waals surface area contributed by atoms with Gasteiger partial charge in [0.15, 0.2) is 0 Å². The lowest BCUT2D eigenvalue weighted by molar-refractivity contribution is 0.0781. The van der Waals surface area contributed by atoms with Gasteiger partial charge >= 0.3 is 0 Å². The Morgan fingerprint density at radius 3 is 1.52 bits per heavy atom. The number of rotatable bonds is 10. The summed E-state index contributed by atoms with van der Waals surface area (Å²) < 4.78 is 13.6. The summed E-state index contributed by atoms with van der Waals surface area (Å²) in [6, 6.07) is 0. The predicted molar refractivity (Wildman–Crippen MR) is 112 cm³/mol. The van der Waals surface area contributed by atoms with Gasteiger partial charge in [0.05, 0.1) is 5.22 Å². The van der Waals surface area contributed by atoms with E-state index in [1.54, 1.807) is 0 Å². The van der Waals surface area contributed by atoms with Crippen molar-refractivity contribution in [3.63, 3.8) is 0 Å². The molecule has 0 N–H and O–H groups in total. The van der Waals surface area contributed by atoms with Crippen LogP contribution in [0, 0.1) is 0 Å². The molecule has 0 bridgehead atoms. The smallest absolute Gasteiger partial charge is 0.216 e. The molecular weight excluding hydrogens is 332 g/mol. The largest absolute Gasteiger partial charge is 0.412 e. The third-order valence-electron chi connectivity index (χ3n) is 5.96. The van der Waals surface area contributed by atoms with E-state index >= 15 is 0 Å². The van der Waals surface area contributed by atoms with Crippen molar-refractivity contribution in [2.75, 3.05) is 0 Å². The molecule has 1 unspecified atom stereocenters. The zero-order chi connectivity index (χ0) is 18.7. The topological polar surface area (TPSA) is 18.5 Å². The first-order chi connectivity index (χ1) is 10.2. The Kier molecular flexibility index (Phi) is 7.53. The molecule has 0 fully saturated rings. The molecule has 2 nitrogen and oxygen atoms in total. The lowest BCUT2D eigenvalue weighted by Crippen LogP contribution is -2.66. The van der Waals surface area contributed by atoms with Crippen molar-refractivity contribution < 1.29 is 8.85 Å². The summed E-state index contributed by atoms with van der Waals surface area (Å²) in [5, 5.41) is -0.316. The highest BCUT2D eigenvalue weighted by atomic mass is 28.4. The Labute approximate surface area is 148 Å². The van der Waals surface area contributed by atoms with Crippen molar-refractivity contribution in [2.24, 2.45) is 0 Å². The lowest BCUT2D eigenvalue weighted by Gasteiger charge is -2.52. The molecule has 0 saturated heterocycles. The van der Waals surface area contributed by atoms with Crippen LogP contribution < -0.4 is 0 Å². The first-order valence-electron chi connectivity index (χ1n) is 8.83. The molecule has 0 aliphatic rings. The molecule has 0 aliphatic carbocycles. The SMILES string of the molecule is C=C[Si](C)(C)O[C@@](C)(CC)[Si](C)(C)OC(C)(CC)[Si](C)(C)C=C. The van der Waals surface area contributed by atoms with E-state index in [2.05, 4.69) is 85.8 Å². The molecule has 0 radical (unpaired) electrons. The van der Waals surface area contributed by atoms with Gasteiger partial charge in [0.2, 0.25) is 16.6 Å². The maximum absolute atomic E-state index is 6.97. The standard InChI is InChI=1S/C18H40O2Si3/c1-13-17(5,21(7,8)15-3)20-23(11,12)18(6,14-2)19-22(9,10)16-4/h15-16H,3-4,13-14H2,1-2,5-12H3/t17?,18-/m1/s1. The first kappa shape index (κ1) is 23.1. The Morgan fingerprint density at radius 2 is 1.22 bits per heavy atom. The number of hydrogen-bond donors (Lipinski definition) is 0. The van der Waals surface area contributed by atoms with E-state index in [4.69, 9.17) is 8.85 Å². The van der Waals surface area contributed by atoms with Crippen LogP contribution in [0.5, 0.6) is 0 Å². The molecule has 23 heavy (non-hydrogen) atoms. The second-order valence-corrected chi connectivity index (χ2v) is 21.6. The number of hydrogen-bond acceptors (Lipinski definition) is 2. The zero-order valence-electron chi connectivity index (χ0n) is 17.3. The van der Waals surface area contributed by atoms with Crippen LogP contribution in [0.3, 0.4) is 0 Å². The molecule has 0 saturated carbocycles. The average molecular weight is 373 g/mol. The van der Waals surface area contributed by atoms with E-state index in [1.807, 2.05) is 5.70 Å². The quantitative estimate of drug-likeness (QED) is 0.437. The maximum atomic E-state index is 6.97. The third kappa shape index (κ3) is 5.01. The molecule has 0 amide bonds. The summed E-state index contributed by atoms with van der Waals surface area (Å²) in [6.07, 6.45) is 1.98. The van der Waals surface area contributed by atoms with Crippen LogP contribution in [0.2, 0.25) is 39.3 Å². The molecule has 0 spiro atoms. The highest BCUT2D eigenvalue weighted by Gasteiger charge is 2.53. The summed E-state index contributed by atoms with van der Waals surface area (Å²) in [5.41, 5.74) is 4.18. The van der Waals surface area contributed by atoms with Crippen LogP contribution in [0.15, 0.2) is 24.6 Å². The fourth-order valence-electron chi connectivity index (χ4n) is 2.79. The molecule has 0 aliphatic heterocycles. The van der Waals surface area contributed by atoms with Crippen molar-refractivity contribution in [1.29, 1.82) is 0 Å². The van der Waals surface area contributed by atoms with Crippen molar-refractivity contribution in [2.45, 2.75) is 90.3 Å². The van der Waals surface area contributed by atoms with Gasteiger partial charge in [-0.2, -0.15) is 0 Å². The van der Waals surface area contributed by atoms with Crippen LogP contribution in [0.1, 0.15) is 40.5 Å². The lowest BCUT2D eigenvalue weighted by atomic mass is 10.3. The monoisotopic (exact) mass is 372 g/mol. The summed E-state index contributed by atoms with van der Waals surface area (Å²) in [4.78, 5) is 0. The summed E-state index contributed by atoms with van der Waals surface area (Å²) in [7, 11) is -5.67. The van der Waals surface area contributed by atoms with Crippen LogP contribution in [0.4, 0.5) is 0 Å². The Morgan fingerprint density at radius 1 is 0.783 bits per heavy atom. The summed E-state index contributed by atoms with van der Waals surface area (Å²) in [6.45, 7) is 30.8. The molecule has 0 heterocycles. The van der Waals surface area contributed by atoms with Gasteiger partial charge in [0, 0.05) is 5.22 Å². The van der Waals surface area contributed by atoms with E-state index in [1.165, 1.54) is 0 Å². The van der Waals surface area contributed by atoms with Crippen molar-refractivity contribution >= 4 is 24.7 Å². The molecule has 5 heteroatoms. The van der Waals surface area contributed by atoms with Crippen LogP contribution >= 0.6 is 0 Å². The van der Waals surface area contributed by atoms with Gasteiger partial charge < -0.3 is 8.85 Å². The highest BCUT2D eigenvalue weighted by molar-refractivity contribution is 6.86. The molecule has 136 valence electrons. The van der Waals surface area contributed by atoms with E-state index < -0.39 is 24.7 Å². The van der Waals surface area contributed by atoms with Crippen molar-refractivity contribution in [3.8, 4) is 0 Å². The van der Waals surface area contributed by atoms with Gasteiger partial charge in [-0.3, -0.25) is 0 Å². The fraction of sp³-hybridized carbons (Fsp3) is 0.778. The minimum absolute atomic E-state index is 0.107. The third-order valence-corrected chi connectivity index (χ3v) is 16.5.